The number of methoxy groups -OCH3 is 2. The zero-order valence-corrected chi connectivity index (χ0v) is 12.4. The Labute approximate surface area is 118 Å². The van der Waals surface area contributed by atoms with Gasteiger partial charge in [0.15, 0.2) is 0 Å². The molecule has 0 saturated heterocycles. The lowest BCUT2D eigenvalue weighted by atomic mass is 10.2. The van der Waals surface area contributed by atoms with Crippen LogP contribution in [-0.2, 0) is 10.0 Å². The van der Waals surface area contributed by atoms with E-state index in [9.17, 15) is 13.2 Å². The van der Waals surface area contributed by atoms with Gasteiger partial charge in [-0.2, -0.15) is 0 Å². The Morgan fingerprint density at radius 2 is 1.70 bits per heavy atom. The van der Waals surface area contributed by atoms with E-state index in [0.717, 1.165) is 0 Å². The van der Waals surface area contributed by atoms with Crippen LogP contribution in [0.3, 0.4) is 0 Å². The zero-order chi connectivity index (χ0) is 15.2. The molecule has 0 aliphatic carbocycles. The average molecular weight is 302 g/mol. The van der Waals surface area contributed by atoms with Gasteiger partial charge in [0.25, 0.3) is 5.91 Å². The fraction of sp³-hybridized carbons (Fsp3) is 0.417. The van der Waals surface area contributed by atoms with E-state index in [4.69, 9.17) is 9.47 Å². The maximum absolute atomic E-state index is 11.9. The first-order valence-corrected chi connectivity index (χ1v) is 7.49. The van der Waals surface area contributed by atoms with E-state index < -0.39 is 15.9 Å². The third-order valence-electron chi connectivity index (χ3n) is 2.58. The number of ether oxygens (including phenoxy) is 2. The molecule has 0 aliphatic heterocycles. The van der Waals surface area contributed by atoms with Crippen LogP contribution in [-0.4, -0.2) is 47.9 Å². The van der Waals surface area contributed by atoms with Crippen LogP contribution in [0.5, 0.6) is 11.5 Å². The lowest BCUT2D eigenvalue weighted by Crippen LogP contribution is -2.32. The van der Waals surface area contributed by atoms with E-state index in [-0.39, 0.29) is 12.3 Å². The van der Waals surface area contributed by atoms with E-state index in [1.54, 1.807) is 18.2 Å². The van der Waals surface area contributed by atoms with Crippen molar-refractivity contribution in [2.24, 2.45) is 0 Å². The Morgan fingerprint density at radius 3 is 2.15 bits per heavy atom. The van der Waals surface area contributed by atoms with Gasteiger partial charge < -0.3 is 14.8 Å². The van der Waals surface area contributed by atoms with E-state index in [1.807, 2.05) is 0 Å². The summed E-state index contributed by atoms with van der Waals surface area (Å²) in [6.07, 6.45) is 0. The molecule has 0 spiro atoms. The molecule has 20 heavy (non-hydrogen) atoms. The van der Waals surface area contributed by atoms with Crippen molar-refractivity contribution in [2.45, 2.75) is 0 Å². The molecule has 0 radical (unpaired) electrons. The van der Waals surface area contributed by atoms with Crippen LogP contribution in [0.1, 0.15) is 10.4 Å². The molecule has 1 aromatic carbocycles. The number of nitrogens with one attached hydrogen (secondary N) is 2. The van der Waals surface area contributed by atoms with Crippen LogP contribution in [0, 0.1) is 0 Å². The maximum Gasteiger partial charge on any atom is 0.251 e. The van der Waals surface area contributed by atoms with Gasteiger partial charge in [-0.15, -0.1) is 0 Å². The predicted molar refractivity (Wildman–Crippen MR) is 74.7 cm³/mol. The van der Waals surface area contributed by atoms with E-state index in [0.29, 0.717) is 17.1 Å². The Bertz CT molecular complexity index is 549. The number of benzene rings is 1. The van der Waals surface area contributed by atoms with Crippen molar-refractivity contribution in [3.05, 3.63) is 23.8 Å². The molecule has 1 rings (SSSR count). The fourth-order valence-electron chi connectivity index (χ4n) is 1.44. The van der Waals surface area contributed by atoms with Crippen molar-refractivity contribution in [1.82, 2.24) is 10.0 Å². The number of hydrogen-bond acceptors (Lipinski definition) is 5. The van der Waals surface area contributed by atoms with Gasteiger partial charge in [-0.05, 0) is 19.2 Å². The summed E-state index contributed by atoms with van der Waals surface area (Å²) >= 11 is 0. The van der Waals surface area contributed by atoms with Crippen molar-refractivity contribution < 1.29 is 22.7 Å². The van der Waals surface area contributed by atoms with Gasteiger partial charge >= 0.3 is 0 Å². The lowest BCUT2D eigenvalue weighted by molar-refractivity contribution is 0.0955. The van der Waals surface area contributed by atoms with Crippen LogP contribution in [0.25, 0.3) is 0 Å². The smallest absolute Gasteiger partial charge is 0.251 e. The molecule has 112 valence electrons. The van der Waals surface area contributed by atoms with E-state index in [1.165, 1.54) is 21.3 Å². The third kappa shape index (κ3) is 4.71. The highest BCUT2D eigenvalue weighted by molar-refractivity contribution is 7.89. The highest BCUT2D eigenvalue weighted by atomic mass is 32.2. The first-order valence-electron chi connectivity index (χ1n) is 5.84. The zero-order valence-electron chi connectivity index (χ0n) is 11.6. The highest BCUT2D eigenvalue weighted by Gasteiger charge is 2.11. The lowest BCUT2D eigenvalue weighted by Gasteiger charge is -2.09. The Balaban J connectivity index is 2.72. The minimum Gasteiger partial charge on any atom is -0.497 e. The summed E-state index contributed by atoms with van der Waals surface area (Å²) in [6.45, 7) is 0.0154. The van der Waals surface area contributed by atoms with Gasteiger partial charge in [0.1, 0.15) is 11.5 Å². The fourth-order valence-corrected chi connectivity index (χ4v) is 2.02. The van der Waals surface area contributed by atoms with Crippen LogP contribution >= 0.6 is 0 Å². The summed E-state index contributed by atoms with van der Waals surface area (Å²) in [5.41, 5.74) is 0.336. The summed E-state index contributed by atoms with van der Waals surface area (Å²) in [7, 11) is 0.951. The molecule has 2 N–H and O–H groups in total. The largest absolute Gasteiger partial charge is 0.497 e. The number of amides is 1. The molecule has 7 nitrogen and oxygen atoms in total. The van der Waals surface area contributed by atoms with Gasteiger partial charge in [0, 0.05) is 18.2 Å². The first-order chi connectivity index (χ1) is 9.41. The molecule has 0 fully saturated rings. The molecule has 0 aromatic heterocycles. The second-order valence-electron chi connectivity index (χ2n) is 3.88. The Kier molecular flexibility index (Phi) is 5.78. The molecule has 1 amide bonds. The minimum atomic E-state index is -3.34. The Morgan fingerprint density at radius 1 is 1.15 bits per heavy atom. The van der Waals surface area contributed by atoms with Crippen LogP contribution in [0.2, 0.25) is 0 Å². The van der Waals surface area contributed by atoms with Crippen molar-refractivity contribution in [2.75, 3.05) is 33.6 Å². The molecule has 0 bridgehead atoms. The molecule has 0 atom stereocenters. The highest BCUT2D eigenvalue weighted by Crippen LogP contribution is 2.22. The molecular formula is C12H18N2O5S. The quantitative estimate of drug-likeness (QED) is 0.738. The standard InChI is InChI=1S/C12H18N2O5S/c1-13-20(16,17)5-4-14-12(15)9-6-10(18-2)8-11(7-9)19-3/h6-8,13H,4-5H2,1-3H3,(H,14,15). The SMILES string of the molecule is CNS(=O)(=O)CCNC(=O)c1cc(OC)cc(OC)c1. The van der Waals surface area contributed by atoms with Crippen molar-refractivity contribution >= 4 is 15.9 Å². The van der Waals surface area contributed by atoms with Crippen LogP contribution in [0.15, 0.2) is 18.2 Å². The molecular weight excluding hydrogens is 284 g/mol. The van der Waals surface area contributed by atoms with E-state index in [2.05, 4.69) is 10.0 Å². The summed E-state index contributed by atoms with van der Waals surface area (Å²) in [6, 6.07) is 4.73. The van der Waals surface area contributed by atoms with Gasteiger partial charge in [0.05, 0.1) is 20.0 Å². The molecule has 0 heterocycles. The monoisotopic (exact) mass is 302 g/mol. The topological polar surface area (TPSA) is 93.7 Å². The second kappa shape index (κ2) is 7.11. The summed E-state index contributed by atoms with van der Waals surface area (Å²) in [4.78, 5) is 11.9. The number of carbonyl (C=O) groups is 1. The average Bonchev–Trinajstić information content (AvgIpc) is 2.46. The molecule has 0 aliphatic rings. The molecule has 0 saturated carbocycles. The van der Waals surface area contributed by atoms with Gasteiger partial charge in [0.2, 0.25) is 10.0 Å². The van der Waals surface area contributed by atoms with Crippen LogP contribution < -0.4 is 19.5 Å². The summed E-state index contributed by atoms with van der Waals surface area (Å²) < 4.78 is 34.7. The maximum atomic E-state index is 11.9. The van der Waals surface area contributed by atoms with Crippen LogP contribution in [0.4, 0.5) is 0 Å². The van der Waals surface area contributed by atoms with Gasteiger partial charge in [-0.25, -0.2) is 13.1 Å². The molecule has 8 heteroatoms. The van der Waals surface area contributed by atoms with Crippen molar-refractivity contribution in [3.63, 3.8) is 0 Å². The van der Waals surface area contributed by atoms with E-state index >= 15 is 0 Å². The number of rotatable bonds is 7. The van der Waals surface area contributed by atoms with Crippen molar-refractivity contribution in [3.8, 4) is 11.5 Å². The summed E-state index contributed by atoms with van der Waals surface area (Å²) in [5, 5.41) is 2.52. The van der Waals surface area contributed by atoms with Crippen molar-refractivity contribution in [1.29, 1.82) is 0 Å². The normalized spacial score (nSPS) is 10.9. The number of sulfonamides is 1. The Hall–Kier alpha value is -1.80. The summed E-state index contributed by atoms with van der Waals surface area (Å²) in [5.74, 6) is 0.388. The molecule has 1 aromatic rings. The number of hydrogen-bond donors (Lipinski definition) is 2. The second-order valence-corrected chi connectivity index (χ2v) is 5.93. The van der Waals surface area contributed by atoms with Gasteiger partial charge in [-0.1, -0.05) is 0 Å². The molecule has 0 unspecified atom stereocenters. The third-order valence-corrected chi connectivity index (χ3v) is 3.94. The minimum absolute atomic E-state index is 0.0154. The first kappa shape index (κ1) is 16.3. The number of carbonyl (C=O) groups excluding carboxylic acids is 1. The predicted octanol–water partition coefficient (Wildman–Crippen LogP) is -0.0172. The van der Waals surface area contributed by atoms with Gasteiger partial charge in [-0.3, -0.25) is 4.79 Å².